The first-order valence-corrected chi connectivity index (χ1v) is 11.6. The quantitative estimate of drug-likeness (QED) is 0.210. The first-order chi connectivity index (χ1) is 15.8. The third-order valence-electron chi connectivity index (χ3n) is 6.62. The van der Waals surface area contributed by atoms with Gasteiger partial charge in [-0.05, 0) is 68.7 Å². The minimum Gasteiger partial charge on any atom is -0.309 e. The highest BCUT2D eigenvalue weighted by Gasteiger charge is 2.14. The minimum absolute atomic E-state index is 1.10. The van der Waals surface area contributed by atoms with E-state index in [1.165, 1.54) is 59.8 Å². The maximum absolute atomic E-state index is 3.66. The van der Waals surface area contributed by atoms with Gasteiger partial charge in [0.15, 0.2) is 0 Å². The maximum atomic E-state index is 3.66. The average Bonchev–Trinajstić information content (AvgIpc) is 3.17. The van der Waals surface area contributed by atoms with Gasteiger partial charge in [0.05, 0.1) is 11.0 Å². The van der Waals surface area contributed by atoms with Crippen LogP contribution in [0.1, 0.15) is 0 Å². The highest BCUT2D eigenvalue weighted by molar-refractivity contribution is 9.10. The van der Waals surface area contributed by atoms with E-state index in [9.17, 15) is 0 Å². The number of para-hydroxylation sites is 1. The lowest BCUT2D eigenvalue weighted by atomic mass is 9.94. The summed E-state index contributed by atoms with van der Waals surface area (Å²) in [5.74, 6) is 0. The van der Waals surface area contributed by atoms with Crippen LogP contribution in [0.3, 0.4) is 0 Å². The number of hydrogen-bond acceptors (Lipinski definition) is 0. The van der Waals surface area contributed by atoms with Gasteiger partial charge in [0.2, 0.25) is 0 Å². The third kappa shape index (κ3) is 2.44. The molecule has 0 aliphatic carbocycles. The number of nitrogens with zero attached hydrogens (tertiary/aromatic N) is 1. The van der Waals surface area contributed by atoms with Crippen LogP contribution in [0.25, 0.3) is 59.8 Å². The van der Waals surface area contributed by atoms with Gasteiger partial charge in [-0.1, -0.05) is 88.7 Å². The molecule has 1 aromatic heterocycles. The second-order valence-electron chi connectivity index (χ2n) is 8.34. The Balaban J connectivity index is 1.65. The second-order valence-corrected chi connectivity index (χ2v) is 9.25. The first kappa shape index (κ1) is 18.0. The molecule has 7 rings (SSSR count). The molecule has 0 saturated heterocycles. The molecule has 0 atom stereocenters. The van der Waals surface area contributed by atoms with Crippen molar-refractivity contribution in [2.24, 2.45) is 0 Å². The van der Waals surface area contributed by atoms with Gasteiger partial charge in [-0.25, -0.2) is 0 Å². The lowest BCUT2D eigenvalue weighted by Crippen LogP contribution is -1.94. The SMILES string of the molecule is Brc1ccc2c(c1)c1ccccc1n2-c1ccc2c3ccccc3c3ccccc3c2c1. The molecule has 0 amide bonds. The van der Waals surface area contributed by atoms with E-state index in [2.05, 4.69) is 130 Å². The van der Waals surface area contributed by atoms with Crippen molar-refractivity contribution in [3.05, 3.63) is 114 Å². The van der Waals surface area contributed by atoms with Crippen LogP contribution >= 0.6 is 15.9 Å². The number of fused-ring (bicyclic) bond motifs is 9. The van der Waals surface area contributed by atoms with Crippen molar-refractivity contribution in [1.29, 1.82) is 0 Å². The lowest BCUT2D eigenvalue weighted by Gasteiger charge is -2.13. The van der Waals surface area contributed by atoms with Gasteiger partial charge in [0, 0.05) is 20.9 Å². The van der Waals surface area contributed by atoms with Gasteiger partial charge < -0.3 is 4.57 Å². The number of aromatic nitrogens is 1. The number of benzene rings is 6. The molecule has 0 saturated carbocycles. The summed E-state index contributed by atoms with van der Waals surface area (Å²) in [5, 5.41) is 10.3. The molecule has 0 fully saturated rings. The van der Waals surface area contributed by atoms with Crippen LogP contribution in [0.15, 0.2) is 114 Å². The second kappa shape index (κ2) is 6.69. The summed E-state index contributed by atoms with van der Waals surface area (Å²) in [7, 11) is 0. The molecule has 0 N–H and O–H groups in total. The Morgan fingerprint density at radius 3 is 1.62 bits per heavy atom. The monoisotopic (exact) mass is 471 g/mol. The van der Waals surface area contributed by atoms with Gasteiger partial charge in [0.25, 0.3) is 0 Å². The predicted octanol–water partition coefficient (Wildman–Crippen LogP) is 9.01. The van der Waals surface area contributed by atoms with Gasteiger partial charge in [-0.2, -0.15) is 0 Å². The molecule has 0 aliphatic rings. The Kier molecular flexibility index (Phi) is 3.76. The minimum atomic E-state index is 1.10. The summed E-state index contributed by atoms with van der Waals surface area (Å²) in [6.07, 6.45) is 0. The highest BCUT2D eigenvalue weighted by Crippen LogP contribution is 2.38. The van der Waals surface area contributed by atoms with Gasteiger partial charge in [0.1, 0.15) is 0 Å². The largest absolute Gasteiger partial charge is 0.309 e. The standard InChI is InChI=1S/C30H18BrN/c31-19-13-16-30-28(17-19)26-11-5-6-12-29(26)32(30)20-14-15-25-23-9-2-1-7-21(23)22-8-3-4-10-24(22)27(25)18-20/h1-18H. The summed E-state index contributed by atoms with van der Waals surface area (Å²) in [6, 6.07) is 39.6. The molecule has 7 aromatic rings. The van der Waals surface area contributed by atoms with Crippen molar-refractivity contribution in [2.45, 2.75) is 0 Å². The molecule has 1 heterocycles. The summed E-state index contributed by atoms with van der Waals surface area (Å²) in [5.41, 5.74) is 3.63. The van der Waals surface area contributed by atoms with Crippen LogP contribution in [-0.2, 0) is 0 Å². The van der Waals surface area contributed by atoms with Crippen molar-refractivity contribution in [3.63, 3.8) is 0 Å². The number of halogens is 1. The zero-order valence-corrected chi connectivity index (χ0v) is 18.8. The number of rotatable bonds is 1. The van der Waals surface area contributed by atoms with E-state index >= 15 is 0 Å². The normalized spacial score (nSPS) is 11.9. The smallest absolute Gasteiger partial charge is 0.0541 e. The molecule has 6 aromatic carbocycles. The summed E-state index contributed by atoms with van der Waals surface area (Å²) in [6.45, 7) is 0. The maximum Gasteiger partial charge on any atom is 0.0541 e. The fourth-order valence-electron chi connectivity index (χ4n) is 5.26. The average molecular weight is 472 g/mol. The van der Waals surface area contributed by atoms with Crippen LogP contribution in [-0.4, -0.2) is 4.57 Å². The van der Waals surface area contributed by atoms with E-state index < -0.39 is 0 Å². The molecular formula is C30H18BrN. The van der Waals surface area contributed by atoms with Crippen molar-refractivity contribution >= 4 is 70.1 Å². The van der Waals surface area contributed by atoms with Gasteiger partial charge in [-0.3, -0.25) is 0 Å². The van der Waals surface area contributed by atoms with Crippen LogP contribution in [0.4, 0.5) is 0 Å². The first-order valence-electron chi connectivity index (χ1n) is 10.8. The van der Waals surface area contributed by atoms with Crippen molar-refractivity contribution in [3.8, 4) is 5.69 Å². The number of hydrogen-bond donors (Lipinski definition) is 0. The lowest BCUT2D eigenvalue weighted by molar-refractivity contribution is 1.19. The fraction of sp³-hybridized carbons (Fsp3) is 0. The zero-order chi connectivity index (χ0) is 21.2. The van der Waals surface area contributed by atoms with Gasteiger partial charge in [-0.15, -0.1) is 0 Å². The summed E-state index contributed by atoms with van der Waals surface area (Å²) in [4.78, 5) is 0. The third-order valence-corrected chi connectivity index (χ3v) is 7.11. The molecule has 0 bridgehead atoms. The zero-order valence-electron chi connectivity index (χ0n) is 17.2. The van der Waals surface area contributed by atoms with Crippen LogP contribution in [0.2, 0.25) is 0 Å². The highest BCUT2D eigenvalue weighted by atomic mass is 79.9. The van der Waals surface area contributed by atoms with E-state index in [1.54, 1.807) is 0 Å². The Hall–Kier alpha value is -3.62. The van der Waals surface area contributed by atoms with Crippen molar-refractivity contribution < 1.29 is 0 Å². The molecule has 0 spiro atoms. The van der Waals surface area contributed by atoms with E-state index in [0.29, 0.717) is 0 Å². The molecule has 150 valence electrons. The van der Waals surface area contributed by atoms with E-state index in [1.807, 2.05) is 0 Å². The molecular weight excluding hydrogens is 454 g/mol. The van der Waals surface area contributed by atoms with Crippen LogP contribution < -0.4 is 0 Å². The Bertz CT molecular complexity index is 1810. The van der Waals surface area contributed by atoms with Crippen molar-refractivity contribution in [1.82, 2.24) is 4.57 Å². The van der Waals surface area contributed by atoms with Crippen LogP contribution in [0, 0.1) is 0 Å². The topological polar surface area (TPSA) is 4.93 Å². The van der Waals surface area contributed by atoms with Crippen LogP contribution in [0.5, 0.6) is 0 Å². The van der Waals surface area contributed by atoms with E-state index in [0.717, 1.165) is 4.47 Å². The Labute approximate surface area is 193 Å². The molecule has 0 unspecified atom stereocenters. The predicted molar refractivity (Wildman–Crippen MR) is 141 cm³/mol. The Morgan fingerprint density at radius 2 is 0.938 bits per heavy atom. The molecule has 1 nitrogen and oxygen atoms in total. The molecule has 0 radical (unpaired) electrons. The molecule has 32 heavy (non-hydrogen) atoms. The Morgan fingerprint density at radius 1 is 0.406 bits per heavy atom. The summed E-state index contributed by atoms with van der Waals surface area (Å²) < 4.78 is 3.49. The fourth-order valence-corrected chi connectivity index (χ4v) is 5.62. The van der Waals surface area contributed by atoms with Gasteiger partial charge >= 0.3 is 0 Å². The van der Waals surface area contributed by atoms with Crippen molar-refractivity contribution in [2.75, 3.05) is 0 Å². The molecule has 2 heteroatoms. The summed E-state index contributed by atoms with van der Waals surface area (Å²) >= 11 is 3.66. The van der Waals surface area contributed by atoms with E-state index in [4.69, 9.17) is 0 Å². The molecule has 0 aliphatic heterocycles. The van der Waals surface area contributed by atoms with E-state index in [-0.39, 0.29) is 0 Å².